The van der Waals surface area contributed by atoms with E-state index in [2.05, 4.69) is 13.8 Å². The molecule has 0 unspecified atom stereocenters. The molecule has 0 aromatic heterocycles. The molecule has 3 atom stereocenters. The molecule has 0 radical (unpaired) electrons. The first-order chi connectivity index (χ1) is 7.61. The molecule has 16 heavy (non-hydrogen) atoms. The predicted octanol–water partition coefficient (Wildman–Crippen LogP) is 3.03. The van der Waals surface area contributed by atoms with Gasteiger partial charge in [-0.05, 0) is 12.8 Å². The highest BCUT2D eigenvalue weighted by atomic mass is 16.3. The second-order valence-electron chi connectivity index (χ2n) is 5.14. The third kappa shape index (κ3) is 3.91. The molecule has 1 rings (SSSR count). The van der Waals surface area contributed by atoms with E-state index in [9.17, 15) is 10.2 Å². The lowest BCUT2D eigenvalue weighted by Crippen LogP contribution is -2.38. The number of rotatable bonds is 6. The van der Waals surface area contributed by atoms with Crippen LogP contribution in [-0.4, -0.2) is 21.9 Å². The first-order valence-corrected chi connectivity index (χ1v) is 6.71. The molecule has 0 amide bonds. The molecule has 1 aliphatic rings. The van der Waals surface area contributed by atoms with Crippen molar-refractivity contribution in [2.75, 3.05) is 0 Å². The molecule has 0 saturated heterocycles. The van der Waals surface area contributed by atoms with Crippen molar-refractivity contribution in [2.45, 2.75) is 70.5 Å². The van der Waals surface area contributed by atoms with E-state index in [1.165, 1.54) is 0 Å². The molecule has 0 aliphatic heterocycles. The molecule has 94 valence electrons. The van der Waals surface area contributed by atoms with Crippen LogP contribution in [-0.2, 0) is 0 Å². The maximum Gasteiger partial charge on any atom is 0.0852 e. The first kappa shape index (κ1) is 13.7. The second kappa shape index (κ2) is 6.41. The third-order valence-corrected chi connectivity index (χ3v) is 3.56. The summed E-state index contributed by atoms with van der Waals surface area (Å²) in [5.74, 6) is 0.252. The van der Waals surface area contributed by atoms with Crippen LogP contribution in [0.25, 0.3) is 0 Å². The van der Waals surface area contributed by atoms with Crippen LogP contribution in [0.1, 0.15) is 58.8 Å². The number of hydrogen-bond donors (Lipinski definition) is 2. The van der Waals surface area contributed by atoms with Gasteiger partial charge in [-0.1, -0.05) is 51.7 Å². The predicted molar refractivity (Wildman–Crippen MR) is 67.3 cm³/mol. The minimum absolute atomic E-state index is 0.252. The standard InChI is InChI=1S/C14H26O2/c1-3-5-7-12-8-10-14(16,9-6-4-2)11-13(12)15/h8,10,12-13,15-16H,3-7,9,11H2,1-2H3/t12-,13+,14-/m0/s1. The van der Waals surface area contributed by atoms with Gasteiger partial charge in [0.2, 0.25) is 0 Å². The van der Waals surface area contributed by atoms with Crippen molar-refractivity contribution in [2.24, 2.45) is 5.92 Å². The molecule has 0 aromatic carbocycles. The van der Waals surface area contributed by atoms with Gasteiger partial charge in [-0.15, -0.1) is 0 Å². The number of unbranched alkanes of at least 4 members (excludes halogenated alkanes) is 2. The fourth-order valence-corrected chi connectivity index (χ4v) is 2.41. The zero-order valence-corrected chi connectivity index (χ0v) is 10.7. The molecule has 0 saturated carbocycles. The SMILES string of the molecule is CCCC[C@H]1C=C[C@@](O)(CCCC)C[C@H]1O. The van der Waals surface area contributed by atoms with E-state index in [0.717, 1.165) is 38.5 Å². The van der Waals surface area contributed by atoms with Gasteiger partial charge in [0.15, 0.2) is 0 Å². The maximum absolute atomic E-state index is 10.3. The second-order valence-corrected chi connectivity index (χ2v) is 5.14. The highest BCUT2D eigenvalue weighted by Gasteiger charge is 2.33. The van der Waals surface area contributed by atoms with Gasteiger partial charge >= 0.3 is 0 Å². The summed E-state index contributed by atoms with van der Waals surface area (Å²) in [4.78, 5) is 0. The van der Waals surface area contributed by atoms with Crippen molar-refractivity contribution in [3.05, 3.63) is 12.2 Å². The number of aliphatic hydroxyl groups is 2. The molecule has 0 spiro atoms. The van der Waals surface area contributed by atoms with Crippen LogP contribution in [0.5, 0.6) is 0 Å². The van der Waals surface area contributed by atoms with E-state index < -0.39 is 5.60 Å². The molecular weight excluding hydrogens is 200 g/mol. The Labute approximate surface area is 99.4 Å². The highest BCUT2D eigenvalue weighted by Crippen LogP contribution is 2.32. The topological polar surface area (TPSA) is 40.5 Å². The summed E-state index contributed by atoms with van der Waals surface area (Å²) >= 11 is 0. The van der Waals surface area contributed by atoms with Crippen LogP contribution in [0.2, 0.25) is 0 Å². The molecule has 2 nitrogen and oxygen atoms in total. The molecule has 2 N–H and O–H groups in total. The van der Waals surface area contributed by atoms with Crippen LogP contribution in [0.3, 0.4) is 0 Å². The van der Waals surface area contributed by atoms with Gasteiger partial charge in [0.25, 0.3) is 0 Å². The fourth-order valence-electron chi connectivity index (χ4n) is 2.41. The summed E-state index contributed by atoms with van der Waals surface area (Å²) < 4.78 is 0. The minimum Gasteiger partial charge on any atom is -0.392 e. The fraction of sp³-hybridized carbons (Fsp3) is 0.857. The van der Waals surface area contributed by atoms with Crippen LogP contribution in [0.15, 0.2) is 12.2 Å². The van der Waals surface area contributed by atoms with Crippen LogP contribution in [0, 0.1) is 5.92 Å². The summed E-state index contributed by atoms with van der Waals surface area (Å²) in [6.07, 6.45) is 10.3. The lowest BCUT2D eigenvalue weighted by molar-refractivity contribution is -0.00808. The molecule has 0 heterocycles. The lowest BCUT2D eigenvalue weighted by Gasteiger charge is -2.34. The Morgan fingerprint density at radius 3 is 2.50 bits per heavy atom. The van der Waals surface area contributed by atoms with Crippen molar-refractivity contribution in [1.82, 2.24) is 0 Å². The highest BCUT2D eigenvalue weighted by molar-refractivity contribution is 5.10. The van der Waals surface area contributed by atoms with Crippen molar-refractivity contribution >= 4 is 0 Å². The molecule has 0 aromatic rings. The van der Waals surface area contributed by atoms with Crippen LogP contribution >= 0.6 is 0 Å². The molecule has 1 aliphatic carbocycles. The molecule has 0 bridgehead atoms. The van der Waals surface area contributed by atoms with E-state index in [1.54, 1.807) is 0 Å². The van der Waals surface area contributed by atoms with Gasteiger partial charge in [-0.25, -0.2) is 0 Å². The van der Waals surface area contributed by atoms with E-state index in [4.69, 9.17) is 0 Å². The van der Waals surface area contributed by atoms with Gasteiger partial charge < -0.3 is 10.2 Å². The first-order valence-electron chi connectivity index (χ1n) is 6.71. The van der Waals surface area contributed by atoms with Gasteiger partial charge in [-0.3, -0.25) is 0 Å². The molecular formula is C14H26O2. The summed E-state index contributed by atoms with van der Waals surface area (Å²) in [6, 6.07) is 0. The Kier molecular flexibility index (Phi) is 5.50. The van der Waals surface area contributed by atoms with E-state index in [1.807, 2.05) is 12.2 Å². The lowest BCUT2D eigenvalue weighted by atomic mass is 9.78. The average Bonchev–Trinajstić information content (AvgIpc) is 2.26. The Balaban J connectivity index is 2.50. The van der Waals surface area contributed by atoms with Gasteiger partial charge in [0.1, 0.15) is 0 Å². The smallest absolute Gasteiger partial charge is 0.0852 e. The number of hydrogen-bond acceptors (Lipinski definition) is 2. The van der Waals surface area contributed by atoms with Gasteiger partial charge in [0.05, 0.1) is 11.7 Å². The molecule has 0 fully saturated rings. The zero-order valence-electron chi connectivity index (χ0n) is 10.7. The van der Waals surface area contributed by atoms with E-state index in [0.29, 0.717) is 6.42 Å². The summed E-state index contributed by atoms with van der Waals surface area (Å²) in [5.41, 5.74) is -0.752. The van der Waals surface area contributed by atoms with Gasteiger partial charge in [-0.2, -0.15) is 0 Å². The Morgan fingerprint density at radius 2 is 1.94 bits per heavy atom. The van der Waals surface area contributed by atoms with Crippen molar-refractivity contribution in [1.29, 1.82) is 0 Å². The molecule has 2 heteroatoms. The van der Waals surface area contributed by atoms with Crippen molar-refractivity contribution < 1.29 is 10.2 Å². The average molecular weight is 226 g/mol. The number of aliphatic hydroxyl groups excluding tert-OH is 1. The summed E-state index contributed by atoms with van der Waals surface area (Å²) in [5, 5.41) is 20.3. The largest absolute Gasteiger partial charge is 0.392 e. The van der Waals surface area contributed by atoms with Crippen LogP contribution in [0.4, 0.5) is 0 Å². The zero-order chi connectivity index (χ0) is 12.0. The third-order valence-electron chi connectivity index (χ3n) is 3.56. The van der Waals surface area contributed by atoms with Crippen molar-refractivity contribution in [3.8, 4) is 0 Å². The quantitative estimate of drug-likeness (QED) is 0.683. The minimum atomic E-state index is -0.752. The van der Waals surface area contributed by atoms with E-state index in [-0.39, 0.29) is 12.0 Å². The summed E-state index contributed by atoms with van der Waals surface area (Å²) in [6.45, 7) is 4.28. The Hall–Kier alpha value is -0.340. The monoisotopic (exact) mass is 226 g/mol. The Morgan fingerprint density at radius 1 is 1.25 bits per heavy atom. The van der Waals surface area contributed by atoms with E-state index >= 15 is 0 Å². The van der Waals surface area contributed by atoms with Crippen LogP contribution < -0.4 is 0 Å². The van der Waals surface area contributed by atoms with Crippen molar-refractivity contribution in [3.63, 3.8) is 0 Å². The summed E-state index contributed by atoms with van der Waals surface area (Å²) in [7, 11) is 0. The Bertz CT molecular complexity index is 225. The maximum atomic E-state index is 10.3. The van der Waals surface area contributed by atoms with Gasteiger partial charge in [0, 0.05) is 12.3 Å². The normalized spacial score (nSPS) is 34.2.